The lowest BCUT2D eigenvalue weighted by atomic mass is 9.90. The highest BCUT2D eigenvalue weighted by Crippen LogP contribution is 2.17. The Labute approximate surface area is 106 Å². The molecule has 0 unspecified atom stereocenters. The molecule has 1 amide bonds. The normalized spacial score (nSPS) is 18.5. The average Bonchev–Trinajstić information content (AvgIpc) is 2.88. The van der Waals surface area contributed by atoms with E-state index in [9.17, 15) is 4.79 Å². The van der Waals surface area contributed by atoms with Crippen molar-refractivity contribution in [3.63, 3.8) is 0 Å². The first-order chi connectivity index (χ1) is 8.71. The van der Waals surface area contributed by atoms with Gasteiger partial charge >= 0.3 is 0 Å². The summed E-state index contributed by atoms with van der Waals surface area (Å²) < 4.78 is 6.95. The number of carbonyl (C=O) groups is 1. The second kappa shape index (κ2) is 5.92. The van der Waals surface area contributed by atoms with Crippen LogP contribution >= 0.6 is 0 Å². The van der Waals surface area contributed by atoms with Crippen molar-refractivity contribution in [2.45, 2.75) is 31.3 Å². The first kappa shape index (κ1) is 13.0. The molecule has 1 aromatic rings. The lowest BCUT2D eigenvalue weighted by molar-refractivity contribution is -0.129. The van der Waals surface area contributed by atoms with E-state index in [1.807, 2.05) is 0 Å². The van der Waals surface area contributed by atoms with Crippen LogP contribution < -0.4 is 11.1 Å². The molecule has 0 bridgehead atoms. The Hall–Kier alpha value is -1.47. The molecule has 0 saturated carbocycles. The van der Waals surface area contributed by atoms with Crippen LogP contribution in [0.3, 0.4) is 0 Å². The van der Waals surface area contributed by atoms with Crippen molar-refractivity contribution in [2.24, 2.45) is 5.73 Å². The highest BCUT2D eigenvalue weighted by atomic mass is 16.5. The van der Waals surface area contributed by atoms with Crippen molar-refractivity contribution in [1.82, 2.24) is 20.3 Å². The molecule has 1 aliphatic rings. The molecule has 1 aromatic heterocycles. The molecule has 0 radical (unpaired) electrons. The summed E-state index contributed by atoms with van der Waals surface area (Å²) >= 11 is 0. The van der Waals surface area contributed by atoms with Gasteiger partial charge in [0.25, 0.3) is 0 Å². The van der Waals surface area contributed by atoms with Crippen molar-refractivity contribution < 1.29 is 9.53 Å². The van der Waals surface area contributed by atoms with Gasteiger partial charge in [-0.2, -0.15) is 0 Å². The third-order valence-corrected chi connectivity index (χ3v) is 3.16. The maximum absolute atomic E-state index is 12.0. The Morgan fingerprint density at radius 3 is 2.94 bits per heavy atom. The molecule has 7 nitrogen and oxygen atoms in total. The Bertz CT molecular complexity index is 373. The minimum atomic E-state index is -0.758. The highest BCUT2D eigenvalue weighted by molar-refractivity contribution is 5.86. The van der Waals surface area contributed by atoms with Gasteiger partial charge in [-0.15, -0.1) is 5.10 Å². The SMILES string of the molecule is NC1(C(=O)NCCCn2ccnn2)CCOCC1. The minimum absolute atomic E-state index is 0.0793. The number of carbonyl (C=O) groups excluding carboxylic acids is 1. The molecule has 0 aliphatic carbocycles. The van der Waals surface area contributed by atoms with Crippen LogP contribution in [0.2, 0.25) is 0 Å². The molecule has 0 aromatic carbocycles. The molecular weight excluding hydrogens is 234 g/mol. The number of aryl methyl sites for hydroxylation is 1. The van der Waals surface area contributed by atoms with Crippen molar-refractivity contribution >= 4 is 5.91 Å². The second-order valence-corrected chi connectivity index (χ2v) is 4.54. The van der Waals surface area contributed by atoms with Crippen molar-refractivity contribution in [3.8, 4) is 0 Å². The van der Waals surface area contributed by atoms with Gasteiger partial charge < -0.3 is 15.8 Å². The van der Waals surface area contributed by atoms with E-state index in [2.05, 4.69) is 15.6 Å². The molecule has 100 valence electrons. The number of hydrogen-bond acceptors (Lipinski definition) is 5. The molecule has 7 heteroatoms. The van der Waals surface area contributed by atoms with Crippen molar-refractivity contribution in [1.29, 1.82) is 0 Å². The number of ether oxygens (including phenoxy) is 1. The number of hydrogen-bond donors (Lipinski definition) is 2. The third-order valence-electron chi connectivity index (χ3n) is 3.16. The largest absolute Gasteiger partial charge is 0.381 e. The summed E-state index contributed by atoms with van der Waals surface area (Å²) in [5, 5.41) is 10.4. The van der Waals surface area contributed by atoms with Gasteiger partial charge in [-0.25, -0.2) is 0 Å². The van der Waals surface area contributed by atoms with Gasteiger partial charge in [-0.3, -0.25) is 9.48 Å². The monoisotopic (exact) mass is 253 g/mol. The fourth-order valence-electron chi connectivity index (χ4n) is 1.93. The number of aromatic nitrogens is 3. The van der Waals surface area contributed by atoms with Crippen LogP contribution in [0.1, 0.15) is 19.3 Å². The van der Waals surface area contributed by atoms with Crippen LogP contribution in [0.25, 0.3) is 0 Å². The maximum atomic E-state index is 12.0. The average molecular weight is 253 g/mol. The first-order valence-corrected chi connectivity index (χ1v) is 6.20. The molecule has 0 atom stereocenters. The van der Waals surface area contributed by atoms with Crippen LogP contribution in [0.4, 0.5) is 0 Å². The summed E-state index contributed by atoms with van der Waals surface area (Å²) in [5.41, 5.74) is 5.30. The van der Waals surface area contributed by atoms with Gasteiger partial charge in [0, 0.05) is 32.5 Å². The summed E-state index contributed by atoms with van der Waals surface area (Å²) in [4.78, 5) is 12.0. The lowest BCUT2D eigenvalue weighted by Gasteiger charge is -2.31. The van der Waals surface area contributed by atoms with E-state index in [0.29, 0.717) is 32.6 Å². The van der Waals surface area contributed by atoms with E-state index in [1.54, 1.807) is 17.1 Å². The standard InChI is InChI=1S/C11H19N5O2/c12-11(2-8-18-9-3-11)10(17)13-4-1-6-16-7-5-14-15-16/h5,7H,1-4,6,8-9,12H2,(H,13,17). The van der Waals surface area contributed by atoms with Gasteiger partial charge in [0.15, 0.2) is 0 Å². The van der Waals surface area contributed by atoms with E-state index < -0.39 is 5.54 Å². The number of nitrogens with one attached hydrogen (secondary N) is 1. The van der Waals surface area contributed by atoms with Gasteiger partial charge in [-0.05, 0) is 19.3 Å². The molecule has 0 spiro atoms. The zero-order valence-electron chi connectivity index (χ0n) is 10.3. The summed E-state index contributed by atoms with van der Waals surface area (Å²) in [6.45, 7) is 2.45. The molecule has 1 fully saturated rings. The Balaban J connectivity index is 1.68. The Kier molecular flexibility index (Phi) is 4.27. The van der Waals surface area contributed by atoms with Crippen molar-refractivity contribution in [2.75, 3.05) is 19.8 Å². The number of rotatable bonds is 5. The summed E-state index contributed by atoms with van der Waals surface area (Å²) in [6, 6.07) is 0. The highest BCUT2D eigenvalue weighted by Gasteiger charge is 2.35. The Morgan fingerprint density at radius 2 is 2.28 bits per heavy atom. The fourth-order valence-corrected chi connectivity index (χ4v) is 1.93. The number of nitrogens with zero attached hydrogens (tertiary/aromatic N) is 3. The smallest absolute Gasteiger partial charge is 0.240 e. The summed E-state index contributed by atoms with van der Waals surface area (Å²) in [7, 11) is 0. The van der Waals surface area contributed by atoms with Gasteiger partial charge in [0.2, 0.25) is 5.91 Å². The summed E-state index contributed by atoms with van der Waals surface area (Å²) in [5.74, 6) is -0.0793. The predicted molar refractivity (Wildman–Crippen MR) is 64.6 cm³/mol. The molecule has 3 N–H and O–H groups in total. The predicted octanol–water partition coefficient (Wildman–Crippen LogP) is -0.708. The maximum Gasteiger partial charge on any atom is 0.240 e. The summed E-state index contributed by atoms with van der Waals surface area (Å²) in [6.07, 6.45) is 5.41. The molecule has 1 aliphatic heterocycles. The van der Waals surface area contributed by atoms with Crippen LogP contribution in [0, 0.1) is 0 Å². The van der Waals surface area contributed by atoms with Crippen LogP contribution in [0.15, 0.2) is 12.4 Å². The Morgan fingerprint density at radius 1 is 1.50 bits per heavy atom. The van der Waals surface area contributed by atoms with Gasteiger partial charge in [-0.1, -0.05) is 5.21 Å². The fraction of sp³-hybridized carbons (Fsp3) is 0.727. The lowest BCUT2D eigenvalue weighted by Crippen LogP contribution is -2.57. The zero-order valence-corrected chi connectivity index (χ0v) is 10.3. The topological polar surface area (TPSA) is 95.1 Å². The first-order valence-electron chi connectivity index (χ1n) is 6.20. The zero-order chi connectivity index (χ0) is 12.8. The quantitative estimate of drug-likeness (QED) is 0.676. The number of nitrogens with two attached hydrogens (primary N) is 1. The molecule has 2 heterocycles. The molecule has 18 heavy (non-hydrogen) atoms. The second-order valence-electron chi connectivity index (χ2n) is 4.54. The van der Waals surface area contributed by atoms with Crippen molar-refractivity contribution in [3.05, 3.63) is 12.4 Å². The molecule has 2 rings (SSSR count). The van der Waals surface area contributed by atoms with Crippen LogP contribution in [0.5, 0.6) is 0 Å². The minimum Gasteiger partial charge on any atom is -0.381 e. The van der Waals surface area contributed by atoms with E-state index in [4.69, 9.17) is 10.5 Å². The van der Waals surface area contributed by atoms with E-state index in [-0.39, 0.29) is 5.91 Å². The van der Waals surface area contributed by atoms with E-state index >= 15 is 0 Å². The van der Waals surface area contributed by atoms with E-state index in [1.165, 1.54) is 0 Å². The molecular formula is C11H19N5O2. The van der Waals surface area contributed by atoms with E-state index in [0.717, 1.165) is 13.0 Å². The number of amides is 1. The van der Waals surface area contributed by atoms with Gasteiger partial charge in [0.1, 0.15) is 0 Å². The third kappa shape index (κ3) is 3.27. The van der Waals surface area contributed by atoms with Crippen LogP contribution in [-0.4, -0.2) is 46.2 Å². The van der Waals surface area contributed by atoms with Crippen LogP contribution in [-0.2, 0) is 16.1 Å². The molecule has 1 saturated heterocycles. The van der Waals surface area contributed by atoms with Gasteiger partial charge in [0.05, 0.1) is 11.7 Å².